The first-order chi connectivity index (χ1) is 11.5. The fraction of sp³-hybridized carbons (Fsp3) is 0.611. The number of hydrogen-bond acceptors (Lipinski definition) is 3. The molecule has 0 saturated heterocycles. The zero-order valence-electron chi connectivity index (χ0n) is 14.5. The molecule has 0 aromatic carbocycles. The quantitative estimate of drug-likeness (QED) is 0.823. The largest absolute Gasteiger partial charge is 0.359 e. The van der Waals surface area contributed by atoms with Crippen molar-refractivity contribution in [3.63, 3.8) is 0 Å². The first kappa shape index (κ1) is 16.7. The van der Waals surface area contributed by atoms with Gasteiger partial charge in [-0.2, -0.15) is 0 Å². The highest BCUT2D eigenvalue weighted by Crippen LogP contribution is 2.32. The van der Waals surface area contributed by atoms with E-state index in [9.17, 15) is 9.59 Å². The van der Waals surface area contributed by atoms with Crippen LogP contribution in [0.4, 0.5) is 0 Å². The average molecular weight is 330 g/mol. The molecule has 130 valence electrons. The van der Waals surface area contributed by atoms with Crippen LogP contribution in [0.1, 0.15) is 44.1 Å². The van der Waals surface area contributed by atoms with Crippen LogP contribution in [0.15, 0.2) is 18.3 Å². The standard InChI is InChI=1S/C18H26N4O2/c1-18(8-4-3-5-9-18)17(24)21-11-14-10-20-15-7-6-13(12-22(14)15)16(23)19-2/h3-4,10,13H,5-9,11-12H2,1-2H3,(H,19,23)(H,21,24). The molecule has 1 aliphatic heterocycles. The molecule has 2 heterocycles. The maximum Gasteiger partial charge on any atom is 0.226 e. The van der Waals surface area contributed by atoms with Gasteiger partial charge in [0.2, 0.25) is 11.8 Å². The van der Waals surface area contributed by atoms with E-state index in [2.05, 4.69) is 32.3 Å². The van der Waals surface area contributed by atoms with Crippen molar-refractivity contribution in [2.45, 2.75) is 52.1 Å². The zero-order chi connectivity index (χ0) is 17.2. The van der Waals surface area contributed by atoms with Gasteiger partial charge in [-0.3, -0.25) is 9.59 Å². The normalized spacial score (nSPS) is 25.8. The molecule has 0 saturated carbocycles. The number of carbonyl (C=O) groups is 2. The Labute approximate surface area is 142 Å². The SMILES string of the molecule is CNC(=O)C1CCc2ncc(CNC(=O)C3(C)CC=CCC3)n2C1. The van der Waals surface area contributed by atoms with Crippen LogP contribution in [-0.2, 0) is 29.1 Å². The Kier molecular flexibility index (Phi) is 4.73. The van der Waals surface area contributed by atoms with Gasteiger partial charge >= 0.3 is 0 Å². The first-order valence-electron chi connectivity index (χ1n) is 8.71. The van der Waals surface area contributed by atoms with Gasteiger partial charge in [0, 0.05) is 20.0 Å². The summed E-state index contributed by atoms with van der Waals surface area (Å²) in [7, 11) is 1.67. The summed E-state index contributed by atoms with van der Waals surface area (Å²) in [6.07, 6.45) is 10.3. The molecule has 2 atom stereocenters. The molecule has 1 aromatic rings. The molecule has 3 rings (SSSR count). The monoisotopic (exact) mass is 330 g/mol. The van der Waals surface area contributed by atoms with E-state index in [4.69, 9.17) is 0 Å². The molecule has 0 spiro atoms. The number of imidazole rings is 1. The van der Waals surface area contributed by atoms with Crippen molar-refractivity contribution in [3.05, 3.63) is 29.9 Å². The maximum absolute atomic E-state index is 12.6. The summed E-state index contributed by atoms with van der Waals surface area (Å²) in [4.78, 5) is 28.9. The van der Waals surface area contributed by atoms with Crippen molar-refractivity contribution >= 4 is 11.8 Å². The molecule has 0 radical (unpaired) electrons. The Morgan fingerprint density at radius 3 is 2.96 bits per heavy atom. The summed E-state index contributed by atoms with van der Waals surface area (Å²) in [6, 6.07) is 0. The lowest BCUT2D eigenvalue weighted by molar-refractivity contribution is -0.131. The molecule has 2 unspecified atom stereocenters. The topological polar surface area (TPSA) is 76.0 Å². The summed E-state index contributed by atoms with van der Waals surface area (Å²) in [5, 5.41) is 5.80. The van der Waals surface area contributed by atoms with Crippen LogP contribution in [0.3, 0.4) is 0 Å². The molecular formula is C18H26N4O2. The van der Waals surface area contributed by atoms with Crippen LogP contribution >= 0.6 is 0 Å². The third kappa shape index (κ3) is 3.23. The second-order valence-electron chi connectivity index (χ2n) is 7.08. The van der Waals surface area contributed by atoms with Crippen LogP contribution in [0.2, 0.25) is 0 Å². The summed E-state index contributed by atoms with van der Waals surface area (Å²) in [5.41, 5.74) is 0.659. The van der Waals surface area contributed by atoms with Gasteiger partial charge in [-0.1, -0.05) is 19.1 Å². The number of carbonyl (C=O) groups excluding carboxylic acids is 2. The lowest BCUT2D eigenvalue weighted by Gasteiger charge is -2.29. The molecule has 1 aliphatic carbocycles. The van der Waals surface area contributed by atoms with Crippen molar-refractivity contribution in [2.24, 2.45) is 11.3 Å². The molecule has 6 heteroatoms. The van der Waals surface area contributed by atoms with E-state index in [1.165, 1.54) is 0 Å². The molecule has 2 aliphatic rings. The van der Waals surface area contributed by atoms with Gasteiger partial charge in [0.25, 0.3) is 0 Å². The number of aromatic nitrogens is 2. The van der Waals surface area contributed by atoms with E-state index in [0.717, 1.165) is 43.6 Å². The highest BCUT2D eigenvalue weighted by atomic mass is 16.2. The van der Waals surface area contributed by atoms with E-state index in [-0.39, 0.29) is 23.1 Å². The Bertz CT molecular complexity index is 664. The van der Waals surface area contributed by atoms with Crippen molar-refractivity contribution < 1.29 is 9.59 Å². The van der Waals surface area contributed by atoms with Gasteiger partial charge in [-0.05, 0) is 25.7 Å². The number of rotatable bonds is 4. The molecule has 2 N–H and O–H groups in total. The van der Waals surface area contributed by atoms with Crippen LogP contribution < -0.4 is 10.6 Å². The Hall–Kier alpha value is -2.11. The van der Waals surface area contributed by atoms with Crippen molar-refractivity contribution in [3.8, 4) is 0 Å². The number of nitrogens with zero attached hydrogens (tertiary/aromatic N) is 2. The minimum atomic E-state index is -0.315. The summed E-state index contributed by atoms with van der Waals surface area (Å²) >= 11 is 0. The fourth-order valence-electron chi connectivity index (χ4n) is 3.61. The van der Waals surface area contributed by atoms with Crippen molar-refractivity contribution in [2.75, 3.05) is 7.05 Å². The second-order valence-corrected chi connectivity index (χ2v) is 7.08. The van der Waals surface area contributed by atoms with Gasteiger partial charge in [0.1, 0.15) is 5.82 Å². The van der Waals surface area contributed by atoms with Crippen LogP contribution in [0.25, 0.3) is 0 Å². The van der Waals surface area contributed by atoms with Gasteiger partial charge in [0.15, 0.2) is 0 Å². The number of hydrogen-bond donors (Lipinski definition) is 2. The van der Waals surface area contributed by atoms with Gasteiger partial charge in [-0.25, -0.2) is 4.98 Å². The third-order valence-electron chi connectivity index (χ3n) is 5.33. The van der Waals surface area contributed by atoms with E-state index >= 15 is 0 Å². The minimum absolute atomic E-state index is 0.0212. The number of nitrogens with one attached hydrogen (secondary N) is 2. The van der Waals surface area contributed by atoms with E-state index in [0.29, 0.717) is 13.1 Å². The molecule has 0 bridgehead atoms. The van der Waals surface area contributed by atoms with Crippen LogP contribution in [-0.4, -0.2) is 28.4 Å². The van der Waals surface area contributed by atoms with E-state index in [1.807, 2.05) is 13.1 Å². The number of amides is 2. The number of allylic oxidation sites excluding steroid dienone is 2. The Morgan fingerprint density at radius 2 is 2.25 bits per heavy atom. The zero-order valence-corrected chi connectivity index (χ0v) is 14.5. The molecule has 0 fully saturated rings. The van der Waals surface area contributed by atoms with Crippen LogP contribution in [0.5, 0.6) is 0 Å². The third-order valence-corrected chi connectivity index (χ3v) is 5.33. The van der Waals surface area contributed by atoms with Crippen LogP contribution in [0, 0.1) is 11.3 Å². The minimum Gasteiger partial charge on any atom is -0.359 e. The Balaban J connectivity index is 1.65. The number of aryl methyl sites for hydroxylation is 1. The smallest absolute Gasteiger partial charge is 0.226 e. The molecule has 2 amide bonds. The molecular weight excluding hydrogens is 304 g/mol. The summed E-state index contributed by atoms with van der Waals surface area (Å²) in [6.45, 7) is 3.13. The average Bonchev–Trinajstić information content (AvgIpc) is 3.01. The lowest BCUT2D eigenvalue weighted by Crippen LogP contribution is -2.40. The van der Waals surface area contributed by atoms with Gasteiger partial charge < -0.3 is 15.2 Å². The van der Waals surface area contributed by atoms with Crippen molar-refractivity contribution in [1.29, 1.82) is 0 Å². The Morgan fingerprint density at radius 1 is 1.42 bits per heavy atom. The van der Waals surface area contributed by atoms with E-state index < -0.39 is 0 Å². The molecule has 6 nitrogen and oxygen atoms in total. The second kappa shape index (κ2) is 6.79. The fourth-order valence-corrected chi connectivity index (χ4v) is 3.61. The molecule has 1 aromatic heterocycles. The van der Waals surface area contributed by atoms with Gasteiger partial charge in [0.05, 0.1) is 29.8 Å². The highest BCUT2D eigenvalue weighted by molar-refractivity contribution is 5.82. The number of fused-ring (bicyclic) bond motifs is 1. The predicted octanol–water partition coefficient (Wildman–Crippen LogP) is 1.55. The van der Waals surface area contributed by atoms with Gasteiger partial charge in [-0.15, -0.1) is 0 Å². The molecule has 24 heavy (non-hydrogen) atoms. The maximum atomic E-state index is 12.6. The van der Waals surface area contributed by atoms with E-state index in [1.54, 1.807) is 7.05 Å². The lowest BCUT2D eigenvalue weighted by atomic mass is 9.78. The summed E-state index contributed by atoms with van der Waals surface area (Å²) in [5.74, 6) is 1.16. The highest BCUT2D eigenvalue weighted by Gasteiger charge is 2.33. The summed E-state index contributed by atoms with van der Waals surface area (Å²) < 4.78 is 2.09. The predicted molar refractivity (Wildman–Crippen MR) is 91.0 cm³/mol. The first-order valence-corrected chi connectivity index (χ1v) is 8.71. The van der Waals surface area contributed by atoms with Crippen molar-refractivity contribution in [1.82, 2.24) is 20.2 Å².